The maximum absolute atomic E-state index is 13.0. The Labute approximate surface area is 175 Å². The molecule has 0 unspecified atom stereocenters. The van der Waals surface area contributed by atoms with Crippen molar-refractivity contribution in [2.24, 2.45) is 5.92 Å². The molecule has 0 radical (unpaired) electrons. The van der Waals surface area contributed by atoms with Crippen LogP contribution in [0.15, 0.2) is 10.6 Å². The van der Waals surface area contributed by atoms with Gasteiger partial charge in [0, 0.05) is 6.92 Å². The summed E-state index contributed by atoms with van der Waals surface area (Å²) in [4.78, 5) is 38.4. The molecule has 10 heteroatoms. The summed E-state index contributed by atoms with van der Waals surface area (Å²) >= 11 is 0. The fourth-order valence-electron chi connectivity index (χ4n) is 2.82. The molecule has 0 N–H and O–H groups in total. The molecule has 2 rings (SSSR count). The molecule has 158 valence electrons. The summed E-state index contributed by atoms with van der Waals surface area (Å²) in [7, 11) is 2.06. The van der Waals surface area contributed by atoms with Crippen LogP contribution in [0.4, 0.5) is 0 Å². The van der Waals surface area contributed by atoms with Crippen molar-refractivity contribution < 1.29 is 28.3 Å². The number of nitrogens with zero attached hydrogens (tertiary/aromatic N) is 1. The number of esters is 2. The average Bonchev–Trinajstić information content (AvgIpc) is 2.56. The number of fused-ring (bicyclic) bond motifs is 1. The van der Waals surface area contributed by atoms with Crippen LogP contribution in [0.5, 0.6) is 0 Å². The smallest absolute Gasteiger partial charge is 0.355 e. The second kappa shape index (κ2) is 8.41. The van der Waals surface area contributed by atoms with Gasteiger partial charge in [0.15, 0.2) is 8.32 Å². The Morgan fingerprint density at radius 1 is 1.29 bits per heavy atom. The van der Waals surface area contributed by atoms with Crippen molar-refractivity contribution >= 4 is 47.8 Å². The highest BCUT2D eigenvalue weighted by atomic mass is 33.1. The molecule has 7 nitrogen and oxygen atoms in total. The molecule has 0 bridgehead atoms. The minimum absolute atomic E-state index is 0.0382. The van der Waals surface area contributed by atoms with E-state index in [-0.39, 0.29) is 40.6 Å². The Kier molecular flexibility index (Phi) is 7.00. The number of rotatable bonds is 6. The number of hydrogen-bond donors (Lipinski definition) is 0. The fourth-order valence-corrected chi connectivity index (χ4v) is 7.23. The van der Waals surface area contributed by atoms with Crippen LogP contribution in [0.25, 0.3) is 0 Å². The first kappa shape index (κ1) is 23.3. The highest BCUT2D eigenvalue weighted by Gasteiger charge is 2.57. The zero-order chi connectivity index (χ0) is 21.4. The van der Waals surface area contributed by atoms with Crippen molar-refractivity contribution in [1.82, 2.24) is 4.90 Å². The summed E-state index contributed by atoms with van der Waals surface area (Å²) in [5, 5.41) is -0.177. The first-order valence-electron chi connectivity index (χ1n) is 9.11. The van der Waals surface area contributed by atoms with Gasteiger partial charge in [-0.15, -0.1) is 0 Å². The first-order valence-corrected chi connectivity index (χ1v) is 14.2. The van der Waals surface area contributed by atoms with Crippen molar-refractivity contribution in [3.8, 4) is 0 Å². The summed E-state index contributed by atoms with van der Waals surface area (Å²) in [6.07, 6.45) is -0.253. The lowest BCUT2D eigenvalue weighted by Crippen LogP contribution is -2.65. The number of carbonyl (C=O) groups excluding carboxylic acids is 3. The predicted octanol–water partition coefficient (Wildman–Crippen LogP) is 3.52. The molecule has 2 heterocycles. The van der Waals surface area contributed by atoms with Gasteiger partial charge in [-0.2, -0.15) is 0 Å². The van der Waals surface area contributed by atoms with E-state index in [1.165, 1.54) is 40.5 Å². The number of ether oxygens (including phenoxy) is 2. The molecular weight excluding hydrogens is 418 g/mol. The number of amides is 1. The molecule has 28 heavy (non-hydrogen) atoms. The van der Waals surface area contributed by atoms with Crippen LogP contribution in [0.3, 0.4) is 0 Å². The van der Waals surface area contributed by atoms with Crippen molar-refractivity contribution in [2.45, 2.75) is 64.2 Å². The van der Waals surface area contributed by atoms with E-state index in [9.17, 15) is 14.4 Å². The molecule has 0 spiro atoms. The van der Waals surface area contributed by atoms with E-state index >= 15 is 0 Å². The molecule has 2 aliphatic rings. The summed E-state index contributed by atoms with van der Waals surface area (Å²) in [6, 6.07) is 0. The van der Waals surface area contributed by atoms with Crippen LogP contribution in [0, 0.1) is 5.92 Å². The molecule has 1 amide bonds. The molecule has 0 saturated carbocycles. The second-order valence-electron chi connectivity index (χ2n) is 8.43. The minimum atomic E-state index is -2.03. The van der Waals surface area contributed by atoms with E-state index in [0.29, 0.717) is 4.91 Å². The lowest BCUT2D eigenvalue weighted by Gasteiger charge is -2.52. The van der Waals surface area contributed by atoms with Gasteiger partial charge in [0.1, 0.15) is 17.7 Å². The lowest BCUT2D eigenvalue weighted by molar-refractivity contribution is -0.157. The van der Waals surface area contributed by atoms with Gasteiger partial charge >= 0.3 is 11.9 Å². The monoisotopic (exact) mass is 447 g/mol. The molecule has 0 aromatic carbocycles. The van der Waals surface area contributed by atoms with Gasteiger partial charge in [-0.3, -0.25) is 14.5 Å². The highest BCUT2D eigenvalue weighted by molar-refractivity contribution is 8.78. The van der Waals surface area contributed by atoms with Crippen LogP contribution in [0.1, 0.15) is 34.6 Å². The standard InChI is InChI=1S/C18H29NO6S2Si/c1-10(25-28(7,8)18(3,4)5)13-15(21)19-14(17(22)23-6)12(9-24-11(2)20)26-27-16(13)19/h10,13,16H,9H2,1-8H3/t10-,13+,16-/m1/s1. The van der Waals surface area contributed by atoms with E-state index in [1.807, 2.05) is 6.92 Å². The van der Waals surface area contributed by atoms with E-state index in [1.54, 1.807) is 0 Å². The van der Waals surface area contributed by atoms with Crippen LogP contribution in [-0.4, -0.2) is 56.3 Å². The third-order valence-electron chi connectivity index (χ3n) is 5.41. The van der Waals surface area contributed by atoms with Gasteiger partial charge in [-0.1, -0.05) is 42.4 Å². The average molecular weight is 448 g/mol. The summed E-state index contributed by atoms with van der Waals surface area (Å²) in [5.74, 6) is -1.55. The summed E-state index contributed by atoms with van der Waals surface area (Å²) in [5.41, 5.74) is 0.165. The number of β-lactam (4-membered cyclic amide) rings is 1. The third kappa shape index (κ3) is 4.44. The van der Waals surface area contributed by atoms with Crippen LogP contribution in [0.2, 0.25) is 18.1 Å². The van der Waals surface area contributed by atoms with Crippen molar-refractivity contribution in [3.63, 3.8) is 0 Å². The first-order chi connectivity index (χ1) is 12.8. The lowest BCUT2D eigenvalue weighted by atomic mass is 9.92. The number of carbonyl (C=O) groups is 3. The van der Waals surface area contributed by atoms with Crippen molar-refractivity contribution in [1.29, 1.82) is 0 Å². The summed E-state index contributed by atoms with van der Waals surface area (Å²) < 4.78 is 16.3. The Morgan fingerprint density at radius 2 is 1.89 bits per heavy atom. The third-order valence-corrected chi connectivity index (χ3v) is 12.8. The van der Waals surface area contributed by atoms with Gasteiger partial charge in [0.25, 0.3) is 0 Å². The van der Waals surface area contributed by atoms with Crippen LogP contribution in [-0.2, 0) is 28.3 Å². The van der Waals surface area contributed by atoms with Crippen molar-refractivity contribution in [3.05, 3.63) is 10.6 Å². The molecular formula is C18H29NO6S2Si. The van der Waals surface area contributed by atoms with E-state index < -0.39 is 20.3 Å². The van der Waals surface area contributed by atoms with E-state index in [4.69, 9.17) is 13.9 Å². The largest absolute Gasteiger partial charge is 0.464 e. The maximum Gasteiger partial charge on any atom is 0.355 e. The highest BCUT2D eigenvalue weighted by Crippen LogP contribution is 2.54. The van der Waals surface area contributed by atoms with Gasteiger partial charge in [-0.05, 0) is 25.1 Å². The van der Waals surface area contributed by atoms with Gasteiger partial charge < -0.3 is 13.9 Å². The normalized spacial score (nSPS) is 23.7. The zero-order valence-electron chi connectivity index (χ0n) is 17.7. The predicted molar refractivity (Wildman–Crippen MR) is 113 cm³/mol. The topological polar surface area (TPSA) is 82.1 Å². The van der Waals surface area contributed by atoms with Crippen LogP contribution >= 0.6 is 21.6 Å². The van der Waals surface area contributed by atoms with Crippen molar-refractivity contribution in [2.75, 3.05) is 13.7 Å². The SMILES string of the molecule is COC(=O)C1=C(COC(C)=O)SS[C@@H]2[C@@H]([C@@H](C)O[Si](C)(C)C(C)(C)C)C(=O)N12. The molecule has 0 aromatic heterocycles. The molecule has 0 aliphatic carbocycles. The van der Waals surface area contributed by atoms with Gasteiger partial charge in [-0.25, -0.2) is 4.79 Å². The molecule has 0 aromatic rings. The minimum Gasteiger partial charge on any atom is -0.464 e. The quantitative estimate of drug-likeness (QED) is 0.265. The number of hydrogen-bond acceptors (Lipinski definition) is 8. The Balaban J connectivity index is 2.23. The fraction of sp³-hybridized carbons (Fsp3) is 0.722. The summed E-state index contributed by atoms with van der Waals surface area (Å²) in [6.45, 7) is 14.0. The van der Waals surface area contributed by atoms with E-state index in [0.717, 1.165) is 0 Å². The van der Waals surface area contributed by atoms with Gasteiger partial charge in [0.05, 0.1) is 24.0 Å². The second-order valence-corrected chi connectivity index (χ2v) is 15.6. The molecule has 1 fully saturated rings. The molecule has 1 saturated heterocycles. The number of methoxy groups -OCH3 is 1. The molecule has 2 aliphatic heterocycles. The van der Waals surface area contributed by atoms with Crippen LogP contribution < -0.4 is 0 Å². The Morgan fingerprint density at radius 3 is 2.39 bits per heavy atom. The maximum atomic E-state index is 13.0. The molecule has 3 atom stereocenters. The Bertz CT molecular complexity index is 703. The van der Waals surface area contributed by atoms with E-state index in [2.05, 4.69) is 33.9 Å². The zero-order valence-corrected chi connectivity index (χ0v) is 20.3. The van der Waals surface area contributed by atoms with Gasteiger partial charge in [0.2, 0.25) is 5.91 Å². The Hall–Kier alpha value is -0.973.